The Hall–Kier alpha value is -1.91. The molecule has 1 N–H and O–H groups in total. The van der Waals surface area contributed by atoms with Gasteiger partial charge in [-0.05, 0) is 37.1 Å². The SMILES string of the molecule is Cn1nc(-c2ccc(O)cc2)nc1C1(F)CC1. The van der Waals surface area contributed by atoms with Crippen LogP contribution in [0.25, 0.3) is 11.4 Å². The van der Waals surface area contributed by atoms with Crippen molar-refractivity contribution in [1.29, 1.82) is 0 Å². The van der Waals surface area contributed by atoms with Crippen LogP contribution in [0.1, 0.15) is 18.7 Å². The summed E-state index contributed by atoms with van der Waals surface area (Å²) in [6.45, 7) is 0. The van der Waals surface area contributed by atoms with Crippen LogP contribution in [0.2, 0.25) is 0 Å². The fourth-order valence-corrected chi connectivity index (χ4v) is 1.84. The van der Waals surface area contributed by atoms with Crippen LogP contribution < -0.4 is 0 Å². The number of rotatable bonds is 2. The van der Waals surface area contributed by atoms with Gasteiger partial charge in [-0.25, -0.2) is 14.1 Å². The van der Waals surface area contributed by atoms with Gasteiger partial charge in [-0.2, -0.15) is 5.10 Å². The molecule has 0 spiro atoms. The molecule has 5 heteroatoms. The maximum Gasteiger partial charge on any atom is 0.181 e. The number of hydrogen-bond acceptors (Lipinski definition) is 3. The third-order valence-electron chi connectivity index (χ3n) is 2.98. The molecule has 1 aliphatic rings. The summed E-state index contributed by atoms with van der Waals surface area (Å²) in [5.41, 5.74) is -0.509. The molecule has 17 heavy (non-hydrogen) atoms. The van der Waals surface area contributed by atoms with Crippen molar-refractivity contribution >= 4 is 0 Å². The van der Waals surface area contributed by atoms with Gasteiger partial charge in [0.2, 0.25) is 0 Å². The van der Waals surface area contributed by atoms with Gasteiger partial charge in [0.05, 0.1) is 0 Å². The molecule has 1 aromatic carbocycles. The lowest BCUT2D eigenvalue weighted by Crippen LogP contribution is -2.07. The topological polar surface area (TPSA) is 50.9 Å². The van der Waals surface area contributed by atoms with Crippen molar-refractivity contribution in [2.45, 2.75) is 18.5 Å². The lowest BCUT2D eigenvalue weighted by Gasteiger charge is -2.01. The Kier molecular flexibility index (Phi) is 1.98. The zero-order chi connectivity index (χ0) is 12.0. The van der Waals surface area contributed by atoms with Crippen molar-refractivity contribution in [3.8, 4) is 17.1 Å². The monoisotopic (exact) mass is 233 g/mol. The lowest BCUT2D eigenvalue weighted by atomic mass is 10.2. The van der Waals surface area contributed by atoms with Crippen molar-refractivity contribution in [2.24, 2.45) is 7.05 Å². The minimum absolute atomic E-state index is 0.189. The van der Waals surface area contributed by atoms with Crippen molar-refractivity contribution in [3.63, 3.8) is 0 Å². The smallest absolute Gasteiger partial charge is 0.181 e. The van der Waals surface area contributed by atoms with Crippen LogP contribution in [0, 0.1) is 0 Å². The van der Waals surface area contributed by atoms with E-state index >= 15 is 0 Å². The van der Waals surface area contributed by atoms with Gasteiger partial charge >= 0.3 is 0 Å². The molecule has 0 aliphatic heterocycles. The number of aromatic hydroxyl groups is 1. The zero-order valence-corrected chi connectivity index (χ0v) is 9.39. The minimum Gasteiger partial charge on any atom is -0.508 e. The number of halogens is 1. The van der Waals surface area contributed by atoms with E-state index in [4.69, 9.17) is 0 Å². The molecule has 88 valence electrons. The number of phenolic OH excluding ortho intramolecular Hbond substituents is 1. The predicted octanol–water partition coefficient (Wildman–Crippen LogP) is 2.15. The average molecular weight is 233 g/mol. The molecule has 1 aromatic heterocycles. The van der Waals surface area contributed by atoms with Crippen molar-refractivity contribution in [1.82, 2.24) is 14.8 Å². The van der Waals surface area contributed by atoms with Gasteiger partial charge < -0.3 is 5.11 Å². The van der Waals surface area contributed by atoms with Gasteiger partial charge in [-0.3, -0.25) is 0 Å². The first-order valence-corrected chi connectivity index (χ1v) is 5.48. The Morgan fingerprint density at radius 1 is 1.29 bits per heavy atom. The van der Waals surface area contributed by atoms with Gasteiger partial charge in [0.25, 0.3) is 0 Å². The van der Waals surface area contributed by atoms with Gasteiger partial charge in [-0.15, -0.1) is 0 Å². The number of aromatic nitrogens is 3. The third kappa shape index (κ3) is 1.67. The summed E-state index contributed by atoms with van der Waals surface area (Å²) in [6.07, 6.45) is 1.04. The van der Waals surface area contributed by atoms with Gasteiger partial charge in [0.1, 0.15) is 5.75 Å². The first-order chi connectivity index (χ1) is 8.08. The number of nitrogens with zero attached hydrogens (tertiary/aromatic N) is 3. The molecule has 0 saturated heterocycles. The fourth-order valence-electron chi connectivity index (χ4n) is 1.84. The number of benzene rings is 1. The minimum atomic E-state index is -1.28. The van der Waals surface area contributed by atoms with Crippen LogP contribution in [0.5, 0.6) is 5.75 Å². The van der Waals surface area contributed by atoms with Crippen molar-refractivity contribution < 1.29 is 9.50 Å². The Bertz CT molecular complexity index is 558. The number of phenols is 1. The summed E-state index contributed by atoms with van der Waals surface area (Å²) in [4.78, 5) is 4.24. The highest BCUT2D eigenvalue weighted by atomic mass is 19.1. The van der Waals surface area contributed by atoms with E-state index in [1.807, 2.05) is 0 Å². The first-order valence-electron chi connectivity index (χ1n) is 5.48. The molecule has 4 nitrogen and oxygen atoms in total. The van der Waals surface area contributed by atoms with E-state index in [-0.39, 0.29) is 5.75 Å². The summed E-state index contributed by atoms with van der Waals surface area (Å²) in [6, 6.07) is 6.56. The van der Waals surface area contributed by atoms with E-state index in [1.54, 1.807) is 31.3 Å². The molecule has 0 bridgehead atoms. The number of hydrogen-bond donors (Lipinski definition) is 1. The predicted molar refractivity (Wildman–Crippen MR) is 60.1 cm³/mol. The van der Waals surface area contributed by atoms with Crippen LogP contribution in [0.15, 0.2) is 24.3 Å². The zero-order valence-electron chi connectivity index (χ0n) is 9.39. The van der Waals surface area contributed by atoms with Crippen LogP contribution in [-0.4, -0.2) is 19.9 Å². The van der Waals surface area contributed by atoms with E-state index in [9.17, 15) is 9.50 Å². The Morgan fingerprint density at radius 3 is 2.53 bits per heavy atom. The van der Waals surface area contributed by atoms with E-state index in [1.165, 1.54) is 4.68 Å². The molecule has 2 aromatic rings. The van der Waals surface area contributed by atoms with E-state index < -0.39 is 5.67 Å². The molecular weight excluding hydrogens is 221 g/mol. The van der Waals surface area contributed by atoms with E-state index in [0.717, 1.165) is 5.56 Å². The second kappa shape index (κ2) is 3.29. The van der Waals surface area contributed by atoms with Gasteiger partial charge in [0, 0.05) is 12.6 Å². The third-order valence-corrected chi connectivity index (χ3v) is 2.98. The first kappa shape index (κ1) is 10.3. The second-order valence-corrected chi connectivity index (χ2v) is 4.39. The summed E-state index contributed by atoms with van der Waals surface area (Å²) < 4.78 is 15.4. The van der Waals surface area contributed by atoms with Crippen molar-refractivity contribution in [3.05, 3.63) is 30.1 Å². The highest BCUT2D eigenvalue weighted by Gasteiger charge is 2.49. The summed E-state index contributed by atoms with van der Waals surface area (Å²) >= 11 is 0. The van der Waals surface area contributed by atoms with Crippen LogP contribution >= 0.6 is 0 Å². The Morgan fingerprint density at radius 2 is 1.94 bits per heavy atom. The van der Waals surface area contributed by atoms with Crippen LogP contribution in [0.4, 0.5) is 4.39 Å². The molecule has 1 heterocycles. The molecule has 0 radical (unpaired) electrons. The highest BCUT2D eigenvalue weighted by molar-refractivity contribution is 5.56. The molecule has 0 amide bonds. The maximum absolute atomic E-state index is 13.9. The average Bonchev–Trinajstić information content (AvgIpc) is 2.91. The largest absolute Gasteiger partial charge is 0.508 e. The summed E-state index contributed by atoms with van der Waals surface area (Å²) in [5, 5.41) is 13.4. The molecule has 1 saturated carbocycles. The normalized spacial score (nSPS) is 17.1. The molecule has 0 unspecified atom stereocenters. The highest BCUT2D eigenvalue weighted by Crippen LogP contribution is 2.48. The number of aryl methyl sites for hydroxylation is 1. The van der Waals surface area contributed by atoms with E-state index in [2.05, 4.69) is 10.1 Å². The van der Waals surface area contributed by atoms with Gasteiger partial charge in [-0.1, -0.05) is 0 Å². The Balaban J connectivity index is 2.02. The fraction of sp³-hybridized carbons (Fsp3) is 0.333. The molecule has 1 fully saturated rings. The standard InChI is InChI=1S/C12H12FN3O/c1-16-11(12(13)6-7-12)14-10(15-16)8-2-4-9(17)5-3-8/h2-5,17H,6-7H2,1H3. The molecular formula is C12H12FN3O. The molecule has 1 aliphatic carbocycles. The molecule has 3 rings (SSSR count). The molecule has 0 atom stereocenters. The second-order valence-electron chi connectivity index (χ2n) is 4.39. The van der Waals surface area contributed by atoms with Crippen LogP contribution in [-0.2, 0) is 12.7 Å². The van der Waals surface area contributed by atoms with Crippen molar-refractivity contribution in [2.75, 3.05) is 0 Å². The summed E-state index contributed by atoms with van der Waals surface area (Å²) in [5.74, 6) is 1.07. The summed E-state index contributed by atoms with van der Waals surface area (Å²) in [7, 11) is 1.70. The number of alkyl halides is 1. The van der Waals surface area contributed by atoms with Gasteiger partial charge in [0.15, 0.2) is 17.3 Å². The lowest BCUT2D eigenvalue weighted by molar-refractivity contribution is 0.290. The Labute approximate surface area is 97.7 Å². The quantitative estimate of drug-likeness (QED) is 0.864. The van der Waals surface area contributed by atoms with E-state index in [0.29, 0.717) is 24.5 Å². The maximum atomic E-state index is 13.9. The van der Waals surface area contributed by atoms with Crippen LogP contribution in [0.3, 0.4) is 0 Å².